The van der Waals surface area contributed by atoms with E-state index in [9.17, 15) is 8.42 Å². The monoisotopic (exact) mass is 235 g/mol. The molecule has 5 nitrogen and oxygen atoms in total. The van der Waals surface area contributed by atoms with Gasteiger partial charge in [-0.25, -0.2) is 0 Å². The first kappa shape index (κ1) is 11.2. The highest BCUT2D eigenvalue weighted by molar-refractivity contribution is 7.88. The molecule has 0 unspecified atom stereocenters. The molecule has 0 atom stereocenters. The van der Waals surface area contributed by atoms with Gasteiger partial charge in [-0.2, -0.15) is 8.42 Å². The van der Waals surface area contributed by atoms with E-state index >= 15 is 0 Å². The molecule has 1 N–H and O–H groups in total. The largest absolute Gasteiger partial charge is 0.399 e. The summed E-state index contributed by atoms with van der Waals surface area (Å²) in [5.74, 6) is 0. The number of hydrogen-bond donors (Lipinski definition) is 1. The third kappa shape index (κ3) is 3.09. The molecular weight excluding hydrogens is 226 g/mol. The molecule has 0 saturated carbocycles. The number of oxime groups is 1. The molecule has 0 radical (unpaired) electrons. The van der Waals surface area contributed by atoms with E-state index in [1.54, 1.807) is 6.07 Å². The van der Waals surface area contributed by atoms with Crippen molar-refractivity contribution >= 4 is 27.7 Å². The number of rotatable bonds is 4. The summed E-state index contributed by atoms with van der Waals surface area (Å²) in [5, 5.41) is 3.51. The van der Waals surface area contributed by atoms with Crippen LogP contribution in [-0.4, -0.2) is 26.3 Å². The maximum Gasteiger partial charge on any atom is 0.304 e. The highest BCUT2D eigenvalue weighted by Gasteiger charge is 2.11. The van der Waals surface area contributed by atoms with Crippen molar-refractivity contribution in [3.8, 4) is 0 Å². The summed E-state index contributed by atoms with van der Waals surface area (Å²) in [6, 6.07) is 2.98. The average Bonchev–Trinajstić information content (AvgIpc) is 2.52. The van der Waals surface area contributed by atoms with Crippen LogP contribution in [0.25, 0.3) is 0 Å². The second-order valence-corrected chi connectivity index (χ2v) is 5.19. The lowest BCUT2D eigenvalue weighted by atomic mass is 10.4. The molecule has 0 spiro atoms. The van der Waals surface area contributed by atoms with E-state index in [0.29, 0.717) is 6.42 Å². The summed E-state index contributed by atoms with van der Waals surface area (Å²) in [6.45, 7) is 0. The van der Waals surface area contributed by atoms with E-state index in [4.69, 9.17) is 4.55 Å². The van der Waals surface area contributed by atoms with Crippen molar-refractivity contribution in [1.29, 1.82) is 0 Å². The van der Waals surface area contributed by atoms with Gasteiger partial charge in [-0.15, -0.1) is 11.3 Å². The van der Waals surface area contributed by atoms with Gasteiger partial charge in [-0.3, -0.25) is 4.55 Å². The van der Waals surface area contributed by atoms with Crippen molar-refractivity contribution < 1.29 is 17.8 Å². The van der Waals surface area contributed by atoms with Gasteiger partial charge < -0.3 is 4.84 Å². The molecule has 0 aliphatic carbocycles. The predicted octanol–water partition coefficient (Wildman–Crippen LogP) is 1.17. The standard InChI is InChI=1S/C7H9NO4S2/c1-12-8-5-4-6-2-3-7(13-6)14(9,10)11/h2-3,5H,4H2,1H3,(H,9,10,11). The molecule has 0 saturated heterocycles. The fourth-order valence-electron chi connectivity index (χ4n) is 0.808. The first-order chi connectivity index (χ1) is 6.54. The second-order valence-electron chi connectivity index (χ2n) is 2.37. The first-order valence-electron chi connectivity index (χ1n) is 3.65. The first-order valence-corrected chi connectivity index (χ1v) is 5.91. The Morgan fingerprint density at radius 3 is 2.86 bits per heavy atom. The Labute approximate surface area is 85.8 Å². The van der Waals surface area contributed by atoms with Gasteiger partial charge in [0.2, 0.25) is 0 Å². The van der Waals surface area contributed by atoms with E-state index in [-0.39, 0.29) is 4.21 Å². The number of hydrogen-bond acceptors (Lipinski definition) is 5. The molecular formula is C7H9NO4S2. The van der Waals surface area contributed by atoms with Crippen LogP contribution in [0.4, 0.5) is 0 Å². The van der Waals surface area contributed by atoms with Crippen molar-refractivity contribution in [2.75, 3.05) is 7.11 Å². The van der Waals surface area contributed by atoms with Crippen LogP contribution in [0.2, 0.25) is 0 Å². The van der Waals surface area contributed by atoms with Crippen LogP contribution in [0.15, 0.2) is 21.5 Å². The normalized spacial score (nSPS) is 12.1. The molecule has 1 rings (SSSR count). The fourth-order valence-corrected chi connectivity index (χ4v) is 2.48. The zero-order valence-electron chi connectivity index (χ0n) is 7.37. The van der Waals surface area contributed by atoms with Gasteiger partial charge in [0, 0.05) is 17.5 Å². The third-order valence-corrected chi connectivity index (χ3v) is 3.79. The Bertz CT molecular complexity index is 421. The van der Waals surface area contributed by atoms with Crippen LogP contribution in [-0.2, 0) is 21.4 Å². The number of thiophene rings is 1. The van der Waals surface area contributed by atoms with Crippen molar-refractivity contribution in [2.24, 2.45) is 5.16 Å². The highest BCUT2D eigenvalue weighted by Crippen LogP contribution is 2.20. The average molecular weight is 235 g/mol. The molecule has 14 heavy (non-hydrogen) atoms. The lowest BCUT2D eigenvalue weighted by Gasteiger charge is -1.88. The molecule has 0 aromatic carbocycles. The Balaban J connectivity index is 2.74. The Kier molecular flexibility index (Phi) is 3.62. The van der Waals surface area contributed by atoms with Crippen LogP contribution in [0.5, 0.6) is 0 Å². The van der Waals surface area contributed by atoms with Gasteiger partial charge in [-0.05, 0) is 12.1 Å². The lowest BCUT2D eigenvalue weighted by Crippen LogP contribution is -1.93. The molecule has 1 aromatic rings. The Morgan fingerprint density at radius 1 is 1.64 bits per heavy atom. The van der Waals surface area contributed by atoms with Crippen LogP contribution in [0.3, 0.4) is 0 Å². The summed E-state index contributed by atoms with van der Waals surface area (Å²) in [7, 11) is -2.64. The van der Waals surface area contributed by atoms with Crippen molar-refractivity contribution in [3.05, 3.63) is 17.0 Å². The van der Waals surface area contributed by atoms with E-state index in [0.717, 1.165) is 16.2 Å². The predicted molar refractivity (Wildman–Crippen MR) is 53.3 cm³/mol. The highest BCUT2D eigenvalue weighted by atomic mass is 32.3. The molecule has 7 heteroatoms. The quantitative estimate of drug-likeness (QED) is 0.483. The van der Waals surface area contributed by atoms with Gasteiger partial charge in [0.05, 0.1) is 0 Å². The maximum atomic E-state index is 10.7. The minimum Gasteiger partial charge on any atom is -0.399 e. The summed E-state index contributed by atoms with van der Waals surface area (Å²) in [6.07, 6.45) is 1.99. The topological polar surface area (TPSA) is 76.0 Å². The third-order valence-electron chi connectivity index (χ3n) is 1.36. The summed E-state index contributed by atoms with van der Waals surface area (Å²) < 4.78 is 30.0. The molecule has 0 fully saturated rings. The van der Waals surface area contributed by atoms with Crippen LogP contribution in [0, 0.1) is 0 Å². The zero-order valence-corrected chi connectivity index (χ0v) is 9.01. The van der Waals surface area contributed by atoms with E-state index in [1.807, 2.05) is 0 Å². The molecule has 0 amide bonds. The number of nitrogens with zero attached hydrogens (tertiary/aromatic N) is 1. The Hall–Kier alpha value is -0.920. The van der Waals surface area contributed by atoms with Crippen LogP contribution in [0.1, 0.15) is 4.88 Å². The molecule has 78 valence electrons. The summed E-state index contributed by atoms with van der Waals surface area (Å²) in [4.78, 5) is 5.23. The van der Waals surface area contributed by atoms with Gasteiger partial charge >= 0.3 is 10.1 Å². The van der Waals surface area contributed by atoms with E-state index in [1.165, 1.54) is 19.4 Å². The summed E-state index contributed by atoms with van der Waals surface area (Å²) in [5.41, 5.74) is 0. The van der Waals surface area contributed by atoms with Crippen LogP contribution >= 0.6 is 11.3 Å². The minimum atomic E-state index is -4.07. The van der Waals surface area contributed by atoms with Gasteiger partial charge in [0.25, 0.3) is 0 Å². The zero-order chi connectivity index (χ0) is 10.6. The van der Waals surface area contributed by atoms with Crippen molar-refractivity contribution in [3.63, 3.8) is 0 Å². The van der Waals surface area contributed by atoms with E-state index in [2.05, 4.69) is 9.99 Å². The van der Waals surface area contributed by atoms with Gasteiger partial charge in [0.1, 0.15) is 11.3 Å². The molecule has 1 aromatic heterocycles. The van der Waals surface area contributed by atoms with Crippen molar-refractivity contribution in [1.82, 2.24) is 0 Å². The van der Waals surface area contributed by atoms with Crippen LogP contribution < -0.4 is 0 Å². The molecule has 0 aliphatic heterocycles. The lowest BCUT2D eigenvalue weighted by molar-refractivity contribution is 0.215. The molecule has 1 heterocycles. The van der Waals surface area contributed by atoms with Gasteiger partial charge in [0.15, 0.2) is 0 Å². The fraction of sp³-hybridized carbons (Fsp3) is 0.286. The smallest absolute Gasteiger partial charge is 0.304 e. The SMILES string of the molecule is CON=CCc1ccc(S(=O)(=O)O)s1. The molecule has 0 bridgehead atoms. The van der Waals surface area contributed by atoms with E-state index < -0.39 is 10.1 Å². The maximum absolute atomic E-state index is 10.7. The van der Waals surface area contributed by atoms with Gasteiger partial charge in [-0.1, -0.05) is 5.16 Å². The molecule has 0 aliphatic rings. The summed E-state index contributed by atoms with van der Waals surface area (Å²) >= 11 is 1.01. The van der Waals surface area contributed by atoms with Crippen molar-refractivity contribution in [2.45, 2.75) is 10.6 Å². The minimum absolute atomic E-state index is 0.0571. The Morgan fingerprint density at radius 2 is 2.36 bits per heavy atom. The second kappa shape index (κ2) is 4.54.